The van der Waals surface area contributed by atoms with E-state index < -0.39 is 0 Å². The van der Waals surface area contributed by atoms with Crippen molar-refractivity contribution < 1.29 is 4.79 Å². The van der Waals surface area contributed by atoms with Crippen molar-refractivity contribution in [1.29, 1.82) is 0 Å². The number of anilines is 1. The molecular formula is C29H33N5OS. The minimum absolute atomic E-state index is 0.0747. The molecule has 36 heavy (non-hydrogen) atoms. The van der Waals surface area contributed by atoms with Crippen LogP contribution in [-0.4, -0.2) is 51.0 Å². The number of fused-ring (bicyclic) bond motifs is 1. The summed E-state index contributed by atoms with van der Waals surface area (Å²) in [4.78, 5) is 17.8. The number of nitrogens with zero attached hydrogens (tertiary/aromatic N) is 5. The van der Waals surface area contributed by atoms with Crippen LogP contribution in [0.3, 0.4) is 0 Å². The van der Waals surface area contributed by atoms with Gasteiger partial charge in [0.15, 0.2) is 5.16 Å². The molecule has 0 spiro atoms. The quantitative estimate of drug-likeness (QED) is 0.280. The molecule has 6 nitrogen and oxygen atoms in total. The highest BCUT2D eigenvalue weighted by Crippen LogP contribution is 2.28. The lowest BCUT2D eigenvalue weighted by Gasteiger charge is -2.26. The summed E-state index contributed by atoms with van der Waals surface area (Å²) in [5, 5.41) is 12.1. The van der Waals surface area contributed by atoms with E-state index in [1.807, 2.05) is 42.2 Å². The molecule has 1 saturated heterocycles. The molecule has 186 valence electrons. The van der Waals surface area contributed by atoms with Crippen LogP contribution in [0.15, 0.2) is 78.0 Å². The molecule has 0 saturated carbocycles. The normalized spacial score (nSPS) is 14.2. The lowest BCUT2D eigenvalue weighted by Crippen LogP contribution is -2.32. The van der Waals surface area contributed by atoms with Crippen molar-refractivity contribution in [2.24, 2.45) is 0 Å². The third kappa shape index (κ3) is 5.63. The second-order valence-electron chi connectivity index (χ2n) is 9.23. The fourth-order valence-corrected chi connectivity index (χ4v) is 5.75. The van der Waals surface area contributed by atoms with Crippen LogP contribution < -0.4 is 4.90 Å². The third-order valence-electron chi connectivity index (χ3n) is 6.79. The van der Waals surface area contributed by atoms with Crippen molar-refractivity contribution >= 4 is 34.1 Å². The zero-order valence-electron chi connectivity index (χ0n) is 20.8. The van der Waals surface area contributed by atoms with Gasteiger partial charge in [0.25, 0.3) is 0 Å². The lowest BCUT2D eigenvalue weighted by molar-refractivity contribution is -0.116. The van der Waals surface area contributed by atoms with E-state index in [9.17, 15) is 4.79 Å². The molecule has 3 aromatic carbocycles. The molecule has 0 atom stereocenters. The van der Waals surface area contributed by atoms with E-state index in [0.29, 0.717) is 18.8 Å². The van der Waals surface area contributed by atoms with Gasteiger partial charge in [-0.25, -0.2) is 0 Å². The Labute approximate surface area is 217 Å². The van der Waals surface area contributed by atoms with Crippen LogP contribution in [0.2, 0.25) is 0 Å². The Bertz CT molecular complexity index is 1290. The van der Waals surface area contributed by atoms with Crippen molar-refractivity contribution in [2.75, 3.05) is 30.3 Å². The summed E-state index contributed by atoms with van der Waals surface area (Å²) in [6.07, 6.45) is 3.79. The SMILES string of the molecule is CCN(C(=O)CSc1nnc(CN2CCCCC2)n1Cc1ccccc1)c1cccc2ccccc12. The predicted molar refractivity (Wildman–Crippen MR) is 147 cm³/mol. The van der Waals surface area contributed by atoms with Gasteiger partial charge in [0.05, 0.1) is 24.5 Å². The summed E-state index contributed by atoms with van der Waals surface area (Å²) in [6, 6.07) is 24.8. The van der Waals surface area contributed by atoms with E-state index in [2.05, 4.69) is 62.1 Å². The van der Waals surface area contributed by atoms with Crippen LogP contribution in [0.1, 0.15) is 37.6 Å². The first-order valence-electron chi connectivity index (χ1n) is 12.8. The van der Waals surface area contributed by atoms with Crippen molar-refractivity contribution in [3.05, 3.63) is 84.2 Å². The van der Waals surface area contributed by atoms with E-state index >= 15 is 0 Å². The highest BCUT2D eigenvalue weighted by Gasteiger charge is 2.21. The first-order chi connectivity index (χ1) is 17.7. The van der Waals surface area contributed by atoms with Gasteiger partial charge in [-0.1, -0.05) is 84.9 Å². The van der Waals surface area contributed by atoms with Crippen LogP contribution in [0.25, 0.3) is 10.8 Å². The van der Waals surface area contributed by atoms with Gasteiger partial charge in [0.1, 0.15) is 5.82 Å². The fraction of sp³-hybridized carbons (Fsp3) is 0.345. The maximum absolute atomic E-state index is 13.4. The Balaban J connectivity index is 1.35. The monoisotopic (exact) mass is 499 g/mol. The molecule has 7 heteroatoms. The topological polar surface area (TPSA) is 54.3 Å². The van der Waals surface area contributed by atoms with Gasteiger partial charge < -0.3 is 9.47 Å². The summed E-state index contributed by atoms with van der Waals surface area (Å²) < 4.78 is 2.19. The molecule has 0 unspecified atom stereocenters. The zero-order valence-corrected chi connectivity index (χ0v) is 21.7. The van der Waals surface area contributed by atoms with Crippen molar-refractivity contribution in [3.63, 3.8) is 0 Å². The number of piperidine rings is 1. The molecule has 2 heterocycles. The maximum Gasteiger partial charge on any atom is 0.237 e. The highest BCUT2D eigenvalue weighted by atomic mass is 32.2. The minimum Gasteiger partial charge on any atom is -0.311 e. The highest BCUT2D eigenvalue weighted by molar-refractivity contribution is 7.99. The van der Waals surface area contributed by atoms with E-state index in [1.54, 1.807) is 0 Å². The van der Waals surface area contributed by atoms with E-state index in [-0.39, 0.29) is 5.91 Å². The van der Waals surface area contributed by atoms with Crippen LogP contribution in [0, 0.1) is 0 Å². The van der Waals surface area contributed by atoms with E-state index in [0.717, 1.165) is 47.1 Å². The minimum atomic E-state index is 0.0747. The van der Waals surface area contributed by atoms with Crippen molar-refractivity contribution in [1.82, 2.24) is 19.7 Å². The van der Waals surface area contributed by atoms with E-state index in [1.165, 1.54) is 36.6 Å². The number of likely N-dealkylation sites (tertiary alicyclic amines) is 1. The largest absolute Gasteiger partial charge is 0.311 e. The molecule has 1 aliphatic heterocycles. The van der Waals surface area contributed by atoms with Gasteiger partial charge in [-0.15, -0.1) is 10.2 Å². The van der Waals surface area contributed by atoms with Gasteiger partial charge in [-0.2, -0.15) is 0 Å². The summed E-state index contributed by atoms with van der Waals surface area (Å²) in [5.41, 5.74) is 2.16. The van der Waals surface area contributed by atoms with Crippen LogP contribution in [0.5, 0.6) is 0 Å². The Morgan fingerprint density at radius 1 is 0.889 bits per heavy atom. The Morgan fingerprint density at radius 2 is 1.64 bits per heavy atom. The fourth-order valence-electron chi connectivity index (χ4n) is 4.91. The Morgan fingerprint density at radius 3 is 2.44 bits per heavy atom. The summed E-state index contributed by atoms with van der Waals surface area (Å²) in [5.74, 6) is 1.36. The number of rotatable bonds is 9. The van der Waals surface area contributed by atoms with Gasteiger partial charge in [-0.05, 0) is 49.9 Å². The van der Waals surface area contributed by atoms with Crippen LogP contribution in [-0.2, 0) is 17.9 Å². The number of aromatic nitrogens is 3. The van der Waals surface area contributed by atoms with Crippen molar-refractivity contribution in [2.45, 2.75) is 44.4 Å². The van der Waals surface area contributed by atoms with Crippen LogP contribution >= 0.6 is 11.8 Å². The number of carbonyl (C=O) groups excluding carboxylic acids is 1. The van der Waals surface area contributed by atoms with Gasteiger partial charge in [-0.3, -0.25) is 9.69 Å². The van der Waals surface area contributed by atoms with Crippen LogP contribution in [0.4, 0.5) is 5.69 Å². The third-order valence-corrected chi connectivity index (χ3v) is 7.74. The first kappa shape index (κ1) is 24.5. The molecule has 5 rings (SSSR count). The lowest BCUT2D eigenvalue weighted by atomic mass is 10.1. The summed E-state index contributed by atoms with van der Waals surface area (Å²) in [7, 11) is 0. The standard InChI is InChI=1S/C29H33N5OS/c1-2-33(26-17-11-15-24-14-7-8-16-25(24)26)28(35)22-36-29-31-30-27(21-32-18-9-4-10-19-32)34(29)20-23-12-5-3-6-13-23/h3,5-8,11-17H,2,4,9-10,18-22H2,1H3. The average molecular weight is 500 g/mol. The van der Waals surface area contributed by atoms with Crippen molar-refractivity contribution in [3.8, 4) is 0 Å². The molecule has 0 aliphatic carbocycles. The molecule has 4 aromatic rings. The number of amides is 1. The first-order valence-corrected chi connectivity index (χ1v) is 13.8. The molecular weight excluding hydrogens is 466 g/mol. The Hall–Kier alpha value is -3.16. The molecule has 0 N–H and O–H groups in total. The average Bonchev–Trinajstić information content (AvgIpc) is 3.29. The van der Waals surface area contributed by atoms with Gasteiger partial charge >= 0.3 is 0 Å². The summed E-state index contributed by atoms with van der Waals surface area (Å²) in [6.45, 7) is 6.36. The number of hydrogen-bond donors (Lipinski definition) is 0. The Kier molecular flexibility index (Phi) is 7.98. The number of thioether (sulfide) groups is 1. The molecule has 1 aliphatic rings. The number of hydrogen-bond acceptors (Lipinski definition) is 5. The molecule has 0 bridgehead atoms. The second kappa shape index (κ2) is 11.7. The molecule has 1 amide bonds. The molecule has 1 fully saturated rings. The maximum atomic E-state index is 13.4. The van der Waals surface area contributed by atoms with Gasteiger partial charge in [0.2, 0.25) is 5.91 Å². The smallest absolute Gasteiger partial charge is 0.237 e. The predicted octanol–water partition coefficient (Wildman–Crippen LogP) is 5.61. The number of carbonyl (C=O) groups is 1. The molecule has 1 aromatic heterocycles. The molecule has 0 radical (unpaired) electrons. The number of benzene rings is 3. The zero-order chi connectivity index (χ0) is 24.7. The second-order valence-corrected chi connectivity index (χ2v) is 10.2. The summed E-state index contributed by atoms with van der Waals surface area (Å²) >= 11 is 1.48. The van der Waals surface area contributed by atoms with Gasteiger partial charge in [0, 0.05) is 11.9 Å². The van der Waals surface area contributed by atoms with E-state index in [4.69, 9.17) is 0 Å².